The van der Waals surface area contributed by atoms with Crippen molar-refractivity contribution in [3.8, 4) is 17.0 Å². The third kappa shape index (κ3) is 4.62. The lowest BCUT2D eigenvalue weighted by atomic mass is 9.87. The third-order valence-corrected chi connectivity index (χ3v) is 6.80. The number of fused-ring (bicyclic) bond motifs is 3. The molecule has 6 heteroatoms. The first-order valence-electron chi connectivity index (χ1n) is 11.8. The predicted molar refractivity (Wildman–Crippen MR) is 127 cm³/mol. The fourth-order valence-corrected chi connectivity index (χ4v) is 5.06. The molecule has 5 rings (SSSR count). The number of anilines is 1. The van der Waals surface area contributed by atoms with Crippen LogP contribution in [0.5, 0.6) is 5.75 Å². The summed E-state index contributed by atoms with van der Waals surface area (Å²) in [5.74, 6) is 0.902. The molecule has 33 heavy (non-hydrogen) atoms. The van der Waals surface area contributed by atoms with Crippen LogP contribution in [0.15, 0.2) is 48.5 Å². The number of phenolic OH excluding ortho intramolecular Hbond substituents is 1. The van der Waals surface area contributed by atoms with E-state index in [1.165, 1.54) is 19.3 Å². The second kappa shape index (κ2) is 9.32. The first-order valence-corrected chi connectivity index (χ1v) is 11.8. The number of carbonyl (C=O) groups excluding carboxylic acids is 1. The van der Waals surface area contributed by atoms with Crippen LogP contribution in [0.3, 0.4) is 0 Å². The monoisotopic (exact) mass is 443 g/mol. The summed E-state index contributed by atoms with van der Waals surface area (Å²) < 4.78 is 0. The minimum absolute atomic E-state index is 0.0706. The number of aliphatic hydroxyl groups excluding tert-OH is 1. The maximum absolute atomic E-state index is 12.9. The summed E-state index contributed by atoms with van der Waals surface area (Å²) in [6.45, 7) is 0. The van der Waals surface area contributed by atoms with Crippen LogP contribution in [0, 0.1) is 5.92 Å². The van der Waals surface area contributed by atoms with Gasteiger partial charge in [0.15, 0.2) is 5.82 Å². The lowest BCUT2D eigenvalue weighted by Crippen LogP contribution is -2.22. The molecule has 1 heterocycles. The van der Waals surface area contributed by atoms with E-state index in [4.69, 9.17) is 9.97 Å². The van der Waals surface area contributed by atoms with Gasteiger partial charge in [-0.2, -0.15) is 0 Å². The van der Waals surface area contributed by atoms with Crippen LogP contribution < -0.4 is 5.32 Å². The van der Waals surface area contributed by atoms with Crippen molar-refractivity contribution < 1.29 is 15.0 Å². The SMILES string of the molecule is O=C(CC1CCCCC1)Nc1nc2c(nc1C(O)c1ccccc1)-c1ccc(O)cc1CC2. The van der Waals surface area contributed by atoms with Gasteiger partial charge in [0.25, 0.3) is 0 Å². The summed E-state index contributed by atoms with van der Waals surface area (Å²) in [6.07, 6.45) is 6.65. The molecule has 0 saturated heterocycles. The molecule has 170 valence electrons. The standard InChI is InChI=1S/C27H29N3O3/c31-20-12-13-21-19(16-20)11-14-22-24(21)30-25(26(33)18-9-5-2-6-10-18)27(28-22)29-23(32)15-17-7-3-1-4-8-17/h2,5-6,9-10,12-13,16-17,26,31,33H,1,3-4,7-8,11,14-15H2,(H,28,29,32). The highest BCUT2D eigenvalue weighted by molar-refractivity contribution is 5.91. The summed E-state index contributed by atoms with van der Waals surface area (Å²) in [5, 5.41) is 24.1. The largest absolute Gasteiger partial charge is 0.508 e. The smallest absolute Gasteiger partial charge is 0.225 e. The fourth-order valence-electron chi connectivity index (χ4n) is 5.06. The van der Waals surface area contributed by atoms with Crippen LogP contribution in [0.1, 0.15) is 67.1 Å². The summed E-state index contributed by atoms with van der Waals surface area (Å²) >= 11 is 0. The number of aliphatic hydroxyl groups is 1. The predicted octanol–water partition coefficient (Wildman–Crippen LogP) is 4.94. The van der Waals surface area contributed by atoms with Gasteiger partial charge in [0.1, 0.15) is 17.5 Å². The van der Waals surface area contributed by atoms with E-state index in [1.807, 2.05) is 36.4 Å². The van der Waals surface area contributed by atoms with E-state index in [2.05, 4.69) is 5.32 Å². The molecule has 1 amide bonds. The van der Waals surface area contributed by atoms with Crippen LogP contribution in [0.25, 0.3) is 11.3 Å². The van der Waals surface area contributed by atoms with Gasteiger partial charge in [-0.15, -0.1) is 0 Å². The summed E-state index contributed by atoms with van der Waals surface area (Å²) in [4.78, 5) is 22.6. The Bertz CT molecular complexity index is 1160. The number of phenols is 1. The van der Waals surface area contributed by atoms with Gasteiger partial charge >= 0.3 is 0 Å². The number of amides is 1. The maximum atomic E-state index is 12.9. The number of hydrogen-bond acceptors (Lipinski definition) is 5. The minimum atomic E-state index is -1.02. The second-order valence-electron chi connectivity index (χ2n) is 9.16. The summed E-state index contributed by atoms with van der Waals surface area (Å²) in [6, 6.07) is 14.5. The lowest BCUT2D eigenvalue weighted by molar-refractivity contribution is -0.117. The van der Waals surface area contributed by atoms with Crippen molar-refractivity contribution in [1.29, 1.82) is 0 Å². The van der Waals surface area contributed by atoms with Gasteiger partial charge in [0.2, 0.25) is 5.91 Å². The number of nitrogens with one attached hydrogen (secondary N) is 1. The van der Waals surface area contributed by atoms with E-state index < -0.39 is 6.10 Å². The van der Waals surface area contributed by atoms with Crippen molar-refractivity contribution in [2.75, 3.05) is 5.32 Å². The number of benzene rings is 2. The Labute approximate surface area is 193 Å². The number of aryl methyl sites for hydroxylation is 2. The average molecular weight is 444 g/mol. The van der Waals surface area contributed by atoms with Crippen molar-refractivity contribution >= 4 is 11.7 Å². The number of hydrogen-bond donors (Lipinski definition) is 3. The van der Waals surface area contributed by atoms with Gasteiger partial charge in [-0.3, -0.25) is 4.79 Å². The van der Waals surface area contributed by atoms with Crippen LogP contribution >= 0.6 is 0 Å². The molecule has 1 fully saturated rings. The van der Waals surface area contributed by atoms with Gasteiger partial charge in [-0.1, -0.05) is 49.6 Å². The van der Waals surface area contributed by atoms with Crippen LogP contribution in [-0.2, 0) is 17.6 Å². The van der Waals surface area contributed by atoms with Crippen LogP contribution in [0.4, 0.5) is 5.82 Å². The zero-order chi connectivity index (χ0) is 22.8. The Kier molecular flexibility index (Phi) is 6.09. The lowest BCUT2D eigenvalue weighted by Gasteiger charge is -2.24. The van der Waals surface area contributed by atoms with Gasteiger partial charge in [-0.05, 0) is 60.9 Å². The van der Waals surface area contributed by atoms with Gasteiger partial charge in [0.05, 0.1) is 11.4 Å². The van der Waals surface area contributed by atoms with Crippen molar-refractivity contribution in [2.45, 2.75) is 57.5 Å². The average Bonchev–Trinajstić information content (AvgIpc) is 2.84. The van der Waals surface area contributed by atoms with Crippen molar-refractivity contribution in [3.05, 3.63) is 71.0 Å². The molecule has 0 aliphatic heterocycles. The Morgan fingerprint density at radius 1 is 1.03 bits per heavy atom. The third-order valence-electron chi connectivity index (χ3n) is 6.80. The minimum Gasteiger partial charge on any atom is -0.508 e. The molecule has 0 bridgehead atoms. The molecule has 3 N–H and O–H groups in total. The highest BCUT2D eigenvalue weighted by Gasteiger charge is 2.27. The zero-order valence-electron chi connectivity index (χ0n) is 18.6. The molecule has 2 aromatic carbocycles. The van der Waals surface area contributed by atoms with E-state index in [1.54, 1.807) is 12.1 Å². The topological polar surface area (TPSA) is 95.3 Å². The van der Waals surface area contributed by atoms with E-state index in [9.17, 15) is 15.0 Å². The quantitative estimate of drug-likeness (QED) is 0.519. The number of nitrogens with zero attached hydrogens (tertiary/aromatic N) is 2. The van der Waals surface area contributed by atoms with E-state index in [0.29, 0.717) is 41.5 Å². The normalized spacial score (nSPS) is 16.5. The van der Waals surface area contributed by atoms with Crippen LogP contribution in [-0.4, -0.2) is 26.1 Å². The Balaban J connectivity index is 1.52. The highest BCUT2D eigenvalue weighted by atomic mass is 16.3. The molecular formula is C27H29N3O3. The molecular weight excluding hydrogens is 414 g/mol. The first-order chi connectivity index (χ1) is 16.1. The van der Waals surface area contributed by atoms with Gasteiger partial charge in [-0.25, -0.2) is 9.97 Å². The molecule has 2 aliphatic rings. The molecule has 1 saturated carbocycles. The van der Waals surface area contributed by atoms with Crippen molar-refractivity contribution in [2.24, 2.45) is 5.92 Å². The molecule has 0 radical (unpaired) electrons. The molecule has 1 aromatic heterocycles. The molecule has 6 nitrogen and oxygen atoms in total. The Hall–Kier alpha value is -3.25. The molecule has 3 aromatic rings. The second-order valence-corrected chi connectivity index (χ2v) is 9.16. The maximum Gasteiger partial charge on any atom is 0.225 e. The summed E-state index contributed by atoms with van der Waals surface area (Å²) in [7, 11) is 0. The molecule has 1 atom stereocenters. The Morgan fingerprint density at radius 2 is 1.82 bits per heavy atom. The highest BCUT2D eigenvalue weighted by Crippen LogP contribution is 2.37. The number of aromatic hydroxyl groups is 1. The van der Waals surface area contributed by atoms with Gasteiger partial charge in [0, 0.05) is 12.0 Å². The van der Waals surface area contributed by atoms with E-state index in [0.717, 1.165) is 36.1 Å². The van der Waals surface area contributed by atoms with E-state index in [-0.39, 0.29) is 11.7 Å². The number of aromatic nitrogens is 2. The van der Waals surface area contributed by atoms with Gasteiger partial charge < -0.3 is 15.5 Å². The van der Waals surface area contributed by atoms with Crippen LogP contribution in [0.2, 0.25) is 0 Å². The first kappa shape index (κ1) is 21.6. The molecule has 0 spiro atoms. The summed E-state index contributed by atoms with van der Waals surface area (Å²) in [5.41, 5.74) is 4.44. The van der Waals surface area contributed by atoms with Crippen molar-refractivity contribution in [1.82, 2.24) is 9.97 Å². The fraction of sp³-hybridized carbons (Fsp3) is 0.370. The molecule has 2 aliphatic carbocycles. The van der Waals surface area contributed by atoms with E-state index >= 15 is 0 Å². The van der Waals surface area contributed by atoms with Crippen molar-refractivity contribution in [3.63, 3.8) is 0 Å². The zero-order valence-corrected chi connectivity index (χ0v) is 18.6. The molecule has 1 unspecified atom stereocenters. The number of carbonyl (C=O) groups is 1. The Morgan fingerprint density at radius 3 is 2.61 bits per heavy atom. The number of rotatable bonds is 5.